The second kappa shape index (κ2) is 19.8. The fourth-order valence-corrected chi connectivity index (χ4v) is 22.2. The molecule has 0 bridgehead atoms. The molecule has 162 valence electrons. The summed E-state index contributed by atoms with van der Waals surface area (Å²) in [5.74, 6) is 1.04. The minimum absolute atomic E-state index is 1.04. The van der Waals surface area contributed by atoms with Crippen molar-refractivity contribution in [3.05, 3.63) is 12.7 Å². The van der Waals surface area contributed by atoms with Crippen molar-refractivity contribution in [2.45, 2.75) is 142 Å². The fraction of sp³-hybridized carbons (Fsp3) is 0.923. The third-order valence-electron chi connectivity index (χ3n) is 6.77. The first kappa shape index (κ1) is 27.5. The molecule has 27 heavy (non-hydrogen) atoms. The Hall–Kier alpha value is 0.539. The first-order valence-electron chi connectivity index (χ1n) is 12.8. The van der Waals surface area contributed by atoms with Gasteiger partial charge in [-0.2, -0.15) is 0 Å². The van der Waals surface area contributed by atoms with Crippen molar-refractivity contribution in [3.8, 4) is 0 Å². The summed E-state index contributed by atoms with van der Waals surface area (Å²) in [6, 6.07) is 0. The number of unbranched alkanes of at least 4 members (excludes halogenated alkanes) is 9. The van der Waals surface area contributed by atoms with Crippen LogP contribution in [0.2, 0.25) is 17.7 Å². The van der Waals surface area contributed by atoms with Gasteiger partial charge in [-0.15, -0.1) is 0 Å². The molecule has 0 aliphatic carbocycles. The van der Waals surface area contributed by atoms with E-state index in [1.807, 2.05) is 0 Å². The van der Waals surface area contributed by atoms with E-state index in [4.69, 9.17) is 0 Å². The van der Waals surface area contributed by atoms with Crippen LogP contribution in [-0.4, -0.2) is 18.4 Å². The zero-order valence-electron chi connectivity index (χ0n) is 19.8. The van der Waals surface area contributed by atoms with Crippen LogP contribution < -0.4 is 0 Å². The van der Waals surface area contributed by atoms with Gasteiger partial charge in [-0.3, -0.25) is 0 Å². The molecule has 0 aliphatic rings. The molecule has 0 radical (unpaired) electrons. The molecule has 0 aromatic carbocycles. The molecular weight excluding hydrogens is 431 g/mol. The number of hydrogen-bond donors (Lipinski definition) is 0. The molecule has 0 aromatic rings. The van der Waals surface area contributed by atoms with Crippen molar-refractivity contribution in [2.24, 2.45) is 5.92 Å². The molecular formula is C26H54Sn. The molecule has 0 aromatic heterocycles. The van der Waals surface area contributed by atoms with Crippen molar-refractivity contribution < 1.29 is 0 Å². The van der Waals surface area contributed by atoms with E-state index in [1.165, 1.54) is 96.3 Å². The van der Waals surface area contributed by atoms with E-state index in [0.717, 1.165) is 5.92 Å². The first-order valence-corrected chi connectivity index (χ1v) is 20.9. The summed E-state index contributed by atoms with van der Waals surface area (Å²) < 4.78 is 6.60. The van der Waals surface area contributed by atoms with E-state index in [2.05, 4.69) is 40.3 Å². The molecule has 0 saturated heterocycles. The Morgan fingerprint density at radius 3 is 1.67 bits per heavy atom. The van der Waals surface area contributed by atoms with Crippen molar-refractivity contribution >= 4 is 18.4 Å². The van der Waals surface area contributed by atoms with Gasteiger partial charge in [-0.1, -0.05) is 0 Å². The van der Waals surface area contributed by atoms with Gasteiger partial charge in [0.1, 0.15) is 0 Å². The van der Waals surface area contributed by atoms with Crippen molar-refractivity contribution in [3.63, 3.8) is 0 Å². The summed E-state index contributed by atoms with van der Waals surface area (Å²) >= 11 is -1.98. The Morgan fingerprint density at radius 1 is 0.667 bits per heavy atom. The predicted octanol–water partition coefficient (Wildman–Crippen LogP) is 10.2. The Bertz CT molecular complexity index is 301. The van der Waals surface area contributed by atoms with Crippen LogP contribution in [0.1, 0.15) is 124 Å². The Labute approximate surface area is 178 Å². The van der Waals surface area contributed by atoms with Gasteiger partial charge in [-0.25, -0.2) is 0 Å². The van der Waals surface area contributed by atoms with E-state index in [0.29, 0.717) is 0 Å². The molecule has 0 amide bonds. The van der Waals surface area contributed by atoms with Crippen molar-refractivity contribution in [1.29, 1.82) is 0 Å². The summed E-state index contributed by atoms with van der Waals surface area (Å²) in [4.78, 5) is 0. The van der Waals surface area contributed by atoms with Crippen LogP contribution in [0.3, 0.4) is 0 Å². The van der Waals surface area contributed by atoms with Crippen LogP contribution >= 0.6 is 0 Å². The standard InChI is InChI=1S/C14H29.2C4H9.C4H7.Sn/c1-4-6-7-8-9-10-11-12-13-14(3)5-2;3*1-3-4-2;/h14H,3-13H2,1-2H3;2*1,3-4H2,2H3;3H,1-2,4H2;. The molecule has 0 aliphatic heterocycles. The third-order valence-corrected chi connectivity index (χ3v) is 22.8. The van der Waals surface area contributed by atoms with Crippen molar-refractivity contribution in [1.82, 2.24) is 0 Å². The second-order valence-electron chi connectivity index (χ2n) is 9.28. The summed E-state index contributed by atoms with van der Waals surface area (Å²) in [5.41, 5.74) is 0. The maximum atomic E-state index is 4.05. The number of allylic oxidation sites excluding steroid dienone is 1. The zero-order chi connectivity index (χ0) is 20.2. The Kier molecular flexibility index (Phi) is 20.2. The molecule has 1 heteroatoms. The summed E-state index contributed by atoms with van der Waals surface area (Å²) in [5, 5.41) is 0. The second-order valence-corrected chi connectivity index (χ2v) is 23.3. The van der Waals surface area contributed by atoms with Crippen LogP contribution in [0.5, 0.6) is 0 Å². The SMILES string of the molecule is C=CC[CH2][Sn]([CH2]CCC)([CH2]CCC)[CH2]C(CC)CCCCCCCCCC. The van der Waals surface area contributed by atoms with Gasteiger partial charge in [0.2, 0.25) is 0 Å². The summed E-state index contributed by atoms with van der Waals surface area (Å²) in [6.07, 6.45) is 24.0. The molecule has 0 spiro atoms. The van der Waals surface area contributed by atoms with Crippen LogP contribution in [0.15, 0.2) is 12.7 Å². The van der Waals surface area contributed by atoms with Gasteiger partial charge in [0.25, 0.3) is 0 Å². The van der Waals surface area contributed by atoms with E-state index < -0.39 is 18.4 Å². The topological polar surface area (TPSA) is 0 Å². The number of rotatable bonds is 21. The van der Waals surface area contributed by atoms with Crippen LogP contribution in [-0.2, 0) is 0 Å². The van der Waals surface area contributed by atoms with E-state index in [-0.39, 0.29) is 0 Å². The first-order chi connectivity index (χ1) is 13.2. The molecule has 1 atom stereocenters. The molecule has 0 rings (SSSR count). The van der Waals surface area contributed by atoms with E-state index >= 15 is 0 Å². The third kappa shape index (κ3) is 15.1. The maximum absolute atomic E-state index is 4.05. The Morgan fingerprint density at radius 2 is 1.19 bits per heavy atom. The average Bonchev–Trinajstić information content (AvgIpc) is 2.69. The summed E-state index contributed by atoms with van der Waals surface area (Å²) in [6.45, 7) is 13.6. The quantitative estimate of drug-likeness (QED) is 0.0862. The van der Waals surface area contributed by atoms with Crippen LogP contribution in [0.25, 0.3) is 0 Å². The monoisotopic (exact) mass is 486 g/mol. The zero-order valence-corrected chi connectivity index (χ0v) is 22.7. The van der Waals surface area contributed by atoms with Crippen molar-refractivity contribution in [2.75, 3.05) is 0 Å². The van der Waals surface area contributed by atoms with E-state index in [1.54, 1.807) is 17.7 Å². The van der Waals surface area contributed by atoms with Gasteiger partial charge in [-0.05, 0) is 0 Å². The minimum atomic E-state index is -1.98. The van der Waals surface area contributed by atoms with Crippen LogP contribution in [0.4, 0.5) is 0 Å². The Balaban J connectivity index is 4.46. The molecule has 0 heterocycles. The molecule has 0 saturated carbocycles. The van der Waals surface area contributed by atoms with Gasteiger partial charge >= 0.3 is 179 Å². The van der Waals surface area contributed by atoms with Crippen LogP contribution in [0, 0.1) is 5.92 Å². The van der Waals surface area contributed by atoms with E-state index in [9.17, 15) is 0 Å². The number of hydrogen-bond acceptors (Lipinski definition) is 0. The van der Waals surface area contributed by atoms with Gasteiger partial charge in [0.15, 0.2) is 0 Å². The molecule has 0 N–H and O–H groups in total. The summed E-state index contributed by atoms with van der Waals surface area (Å²) in [7, 11) is 0. The van der Waals surface area contributed by atoms with Gasteiger partial charge in [0, 0.05) is 0 Å². The molecule has 1 unspecified atom stereocenters. The van der Waals surface area contributed by atoms with Gasteiger partial charge in [0.05, 0.1) is 0 Å². The van der Waals surface area contributed by atoms with Gasteiger partial charge < -0.3 is 0 Å². The fourth-order valence-electron chi connectivity index (χ4n) is 4.82. The molecule has 0 fully saturated rings. The average molecular weight is 485 g/mol. The molecule has 0 nitrogen and oxygen atoms in total. The predicted molar refractivity (Wildman–Crippen MR) is 131 cm³/mol. The normalized spacial score (nSPS) is 13.0.